The summed E-state index contributed by atoms with van der Waals surface area (Å²) in [7, 11) is 0. The summed E-state index contributed by atoms with van der Waals surface area (Å²) in [6, 6.07) is 14.9. The van der Waals surface area contributed by atoms with Crippen LogP contribution in [0.25, 0.3) is 10.8 Å². The van der Waals surface area contributed by atoms with Gasteiger partial charge in [-0.2, -0.15) is 0 Å². The van der Waals surface area contributed by atoms with Crippen molar-refractivity contribution in [2.24, 2.45) is 0 Å². The molecule has 1 N–H and O–H groups in total. The van der Waals surface area contributed by atoms with Crippen molar-refractivity contribution in [2.45, 2.75) is 6.61 Å². The second-order valence-electron chi connectivity index (χ2n) is 5.03. The van der Waals surface area contributed by atoms with Crippen LogP contribution in [-0.4, -0.2) is 11.1 Å². The van der Waals surface area contributed by atoms with Crippen LogP contribution in [0, 0.1) is 5.82 Å². The molecule has 0 aliphatic carbocycles. The summed E-state index contributed by atoms with van der Waals surface area (Å²) in [6.07, 6.45) is 0. The number of carbonyl (C=O) groups excluding carboxylic acids is 1. The first-order valence-electron chi connectivity index (χ1n) is 6.87. The Kier molecular flexibility index (Phi) is 4.30. The molecule has 0 radical (unpaired) electrons. The maximum Gasteiger partial charge on any atom is 0.342 e. The molecule has 0 saturated heterocycles. The third-order valence-corrected chi connectivity index (χ3v) is 3.95. The quantitative estimate of drug-likeness (QED) is 0.669. The van der Waals surface area contributed by atoms with Crippen molar-refractivity contribution in [1.82, 2.24) is 0 Å². The van der Waals surface area contributed by atoms with Gasteiger partial charge in [-0.3, -0.25) is 0 Å². The highest BCUT2D eigenvalue weighted by molar-refractivity contribution is 9.10. The Morgan fingerprint density at radius 2 is 1.78 bits per heavy atom. The first-order valence-corrected chi connectivity index (χ1v) is 7.67. The van der Waals surface area contributed by atoms with Crippen molar-refractivity contribution in [3.63, 3.8) is 0 Å². The van der Waals surface area contributed by atoms with Crippen molar-refractivity contribution >= 4 is 32.7 Å². The molecule has 5 heteroatoms. The lowest BCUT2D eigenvalue weighted by atomic mass is 10.1. The van der Waals surface area contributed by atoms with E-state index < -0.39 is 11.8 Å². The number of hydrogen-bond acceptors (Lipinski definition) is 3. The molecule has 0 fully saturated rings. The minimum Gasteiger partial charge on any atom is -0.507 e. The highest BCUT2D eigenvalue weighted by Gasteiger charge is 2.15. The number of hydrogen-bond donors (Lipinski definition) is 1. The van der Waals surface area contributed by atoms with E-state index in [0.717, 1.165) is 10.8 Å². The first-order chi connectivity index (χ1) is 11.0. The number of phenolic OH excluding ortho intramolecular Hbond substituents is 1. The Hall–Kier alpha value is -2.40. The molecule has 3 aromatic carbocycles. The second-order valence-corrected chi connectivity index (χ2v) is 5.94. The van der Waals surface area contributed by atoms with Gasteiger partial charge in [0.05, 0.1) is 0 Å². The summed E-state index contributed by atoms with van der Waals surface area (Å²) in [4.78, 5) is 12.1. The number of ether oxygens (including phenoxy) is 1. The average Bonchev–Trinajstić information content (AvgIpc) is 2.53. The van der Waals surface area contributed by atoms with Gasteiger partial charge in [0.25, 0.3) is 0 Å². The van der Waals surface area contributed by atoms with Gasteiger partial charge >= 0.3 is 5.97 Å². The molecule has 0 spiro atoms. The fraction of sp³-hybridized carbons (Fsp3) is 0.0556. The van der Waals surface area contributed by atoms with Crippen LogP contribution in [0.1, 0.15) is 15.9 Å². The number of fused-ring (bicyclic) bond motifs is 1. The van der Waals surface area contributed by atoms with Crippen LogP contribution in [0.5, 0.6) is 5.75 Å². The lowest BCUT2D eigenvalue weighted by Crippen LogP contribution is -2.06. The Balaban J connectivity index is 1.81. The van der Waals surface area contributed by atoms with Crippen molar-refractivity contribution in [2.75, 3.05) is 0 Å². The van der Waals surface area contributed by atoms with Crippen molar-refractivity contribution in [3.8, 4) is 5.75 Å². The third kappa shape index (κ3) is 3.35. The SMILES string of the molecule is O=C(OCc1ccc(Br)cc1F)c1cc2ccccc2cc1O. The van der Waals surface area contributed by atoms with Crippen LogP contribution in [0.2, 0.25) is 0 Å². The Morgan fingerprint density at radius 1 is 1.09 bits per heavy atom. The van der Waals surface area contributed by atoms with Crippen molar-refractivity contribution in [1.29, 1.82) is 0 Å². The molecule has 0 unspecified atom stereocenters. The van der Waals surface area contributed by atoms with Gasteiger partial charge < -0.3 is 9.84 Å². The number of aromatic hydroxyl groups is 1. The van der Waals surface area contributed by atoms with Crippen LogP contribution in [0.15, 0.2) is 59.1 Å². The molecule has 0 aromatic heterocycles. The van der Waals surface area contributed by atoms with Gasteiger partial charge in [-0.25, -0.2) is 9.18 Å². The molecule has 3 aromatic rings. The van der Waals surface area contributed by atoms with E-state index in [4.69, 9.17) is 4.74 Å². The highest BCUT2D eigenvalue weighted by Crippen LogP contribution is 2.26. The monoisotopic (exact) mass is 374 g/mol. The maximum absolute atomic E-state index is 13.7. The minimum absolute atomic E-state index is 0.0567. The fourth-order valence-electron chi connectivity index (χ4n) is 2.25. The predicted molar refractivity (Wildman–Crippen MR) is 88.8 cm³/mol. The van der Waals surface area contributed by atoms with E-state index in [2.05, 4.69) is 15.9 Å². The summed E-state index contributed by atoms with van der Waals surface area (Å²) in [5.74, 6) is -1.32. The molecular formula is C18H12BrFO3. The number of rotatable bonds is 3. The molecule has 23 heavy (non-hydrogen) atoms. The van der Waals surface area contributed by atoms with Gasteiger partial charge in [0.15, 0.2) is 0 Å². The summed E-state index contributed by atoms with van der Waals surface area (Å²) in [5, 5.41) is 11.6. The molecule has 0 aliphatic rings. The van der Waals surface area contributed by atoms with Gasteiger partial charge in [0.2, 0.25) is 0 Å². The number of halogens is 2. The van der Waals surface area contributed by atoms with Crippen molar-refractivity contribution in [3.05, 3.63) is 76.0 Å². The van der Waals surface area contributed by atoms with Crippen LogP contribution in [-0.2, 0) is 11.3 Å². The Bertz CT molecular complexity index is 893. The van der Waals surface area contributed by atoms with E-state index in [0.29, 0.717) is 4.47 Å². The summed E-state index contributed by atoms with van der Waals surface area (Å²) in [5.41, 5.74) is 0.322. The fourth-order valence-corrected chi connectivity index (χ4v) is 2.58. The molecule has 116 valence electrons. The van der Waals surface area contributed by atoms with E-state index >= 15 is 0 Å². The molecule has 0 heterocycles. The molecule has 0 aliphatic heterocycles. The van der Waals surface area contributed by atoms with Crippen molar-refractivity contribution < 1.29 is 19.0 Å². The molecule has 0 atom stereocenters. The Morgan fingerprint density at radius 3 is 2.48 bits per heavy atom. The van der Waals surface area contributed by atoms with Crippen LogP contribution in [0.3, 0.4) is 0 Å². The van der Waals surface area contributed by atoms with E-state index in [1.165, 1.54) is 18.2 Å². The van der Waals surface area contributed by atoms with Crippen LogP contribution < -0.4 is 0 Å². The zero-order chi connectivity index (χ0) is 16.4. The standard InChI is InChI=1S/C18H12BrFO3/c19-14-6-5-13(16(20)9-14)10-23-18(22)15-7-11-3-1-2-4-12(11)8-17(15)21/h1-9,21H,10H2. The van der Waals surface area contributed by atoms with E-state index in [-0.39, 0.29) is 23.5 Å². The van der Waals surface area contributed by atoms with Crippen LogP contribution in [0.4, 0.5) is 4.39 Å². The number of phenols is 1. The molecule has 3 rings (SSSR count). The van der Waals surface area contributed by atoms with Gasteiger partial charge in [-0.15, -0.1) is 0 Å². The largest absolute Gasteiger partial charge is 0.507 e. The number of carbonyl (C=O) groups is 1. The molecule has 0 amide bonds. The normalized spacial score (nSPS) is 10.7. The van der Waals surface area contributed by atoms with E-state index in [9.17, 15) is 14.3 Å². The maximum atomic E-state index is 13.7. The highest BCUT2D eigenvalue weighted by atomic mass is 79.9. The first kappa shape index (κ1) is 15.5. The minimum atomic E-state index is -0.699. The third-order valence-electron chi connectivity index (χ3n) is 3.46. The summed E-state index contributed by atoms with van der Waals surface area (Å²) in [6.45, 7) is -0.204. The number of esters is 1. The smallest absolute Gasteiger partial charge is 0.342 e. The number of benzene rings is 3. The van der Waals surface area contributed by atoms with Gasteiger partial charge in [0.1, 0.15) is 23.7 Å². The summed E-state index contributed by atoms with van der Waals surface area (Å²) >= 11 is 3.16. The van der Waals surface area contributed by atoms with Gasteiger partial charge in [-0.1, -0.05) is 46.3 Å². The summed E-state index contributed by atoms with van der Waals surface area (Å²) < 4.78 is 19.4. The van der Waals surface area contributed by atoms with Gasteiger partial charge in [-0.05, 0) is 35.0 Å². The van der Waals surface area contributed by atoms with Crippen LogP contribution >= 0.6 is 15.9 Å². The van der Waals surface area contributed by atoms with E-state index in [1.54, 1.807) is 12.1 Å². The van der Waals surface area contributed by atoms with E-state index in [1.807, 2.05) is 24.3 Å². The molecular weight excluding hydrogens is 363 g/mol. The predicted octanol–water partition coefficient (Wildman–Crippen LogP) is 4.80. The second kappa shape index (κ2) is 6.38. The zero-order valence-electron chi connectivity index (χ0n) is 11.9. The lowest BCUT2D eigenvalue weighted by Gasteiger charge is -2.09. The topological polar surface area (TPSA) is 46.5 Å². The molecule has 3 nitrogen and oxygen atoms in total. The molecule has 0 bridgehead atoms. The molecule has 0 saturated carbocycles. The average molecular weight is 375 g/mol. The Labute approximate surface area is 140 Å². The van der Waals surface area contributed by atoms with Gasteiger partial charge in [0, 0.05) is 10.0 Å². The zero-order valence-corrected chi connectivity index (χ0v) is 13.5. The lowest BCUT2D eigenvalue weighted by molar-refractivity contribution is 0.0466.